The zero-order chi connectivity index (χ0) is 17.6. The van der Waals surface area contributed by atoms with Gasteiger partial charge in [0, 0.05) is 0 Å². The van der Waals surface area contributed by atoms with Crippen LogP contribution in [0.5, 0.6) is 0 Å². The maximum atomic E-state index is 12.0. The molecule has 126 valence electrons. The fourth-order valence-corrected chi connectivity index (χ4v) is 2.32. The van der Waals surface area contributed by atoms with E-state index in [9.17, 15) is 14.7 Å². The van der Waals surface area contributed by atoms with Crippen molar-refractivity contribution in [2.75, 3.05) is 6.54 Å². The molecule has 5 nitrogen and oxygen atoms in total. The SMILES string of the molecule is C[C@H](NC(=O)C(=O)NC[C@](C)(O)c1ccccc1)c1ccccc1. The van der Waals surface area contributed by atoms with Gasteiger partial charge in [-0.05, 0) is 25.0 Å². The number of amides is 2. The van der Waals surface area contributed by atoms with Crippen molar-refractivity contribution in [3.63, 3.8) is 0 Å². The minimum Gasteiger partial charge on any atom is -0.384 e. The quantitative estimate of drug-likeness (QED) is 0.734. The minimum absolute atomic E-state index is 0.0526. The molecule has 2 atom stereocenters. The van der Waals surface area contributed by atoms with Crippen molar-refractivity contribution in [1.29, 1.82) is 0 Å². The molecule has 0 aliphatic rings. The molecule has 24 heavy (non-hydrogen) atoms. The molecule has 2 aromatic carbocycles. The first-order chi connectivity index (χ1) is 11.4. The molecule has 0 unspecified atom stereocenters. The Hall–Kier alpha value is -2.66. The van der Waals surface area contributed by atoms with Gasteiger partial charge < -0.3 is 15.7 Å². The van der Waals surface area contributed by atoms with E-state index in [-0.39, 0.29) is 12.6 Å². The van der Waals surface area contributed by atoms with Gasteiger partial charge in [-0.15, -0.1) is 0 Å². The Balaban J connectivity index is 1.89. The van der Waals surface area contributed by atoms with Crippen LogP contribution in [0.4, 0.5) is 0 Å². The summed E-state index contributed by atoms with van der Waals surface area (Å²) in [6.45, 7) is 3.34. The molecule has 0 aliphatic carbocycles. The van der Waals surface area contributed by atoms with Crippen molar-refractivity contribution in [2.45, 2.75) is 25.5 Å². The number of hydrogen-bond donors (Lipinski definition) is 3. The second-order valence-corrected chi connectivity index (χ2v) is 5.93. The minimum atomic E-state index is -1.25. The molecule has 0 fully saturated rings. The Kier molecular flexibility index (Phi) is 5.71. The van der Waals surface area contributed by atoms with Crippen LogP contribution in [0, 0.1) is 0 Å². The molecule has 0 aliphatic heterocycles. The standard InChI is InChI=1S/C19H22N2O3/c1-14(15-9-5-3-6-10-15)21-18(23)17(22)20-13-19(2,24)16-11-7-4-8-12-16/h3-12,14,24H,13H2,1-2H3,(H,20,22)(H,21,23)/t14-,19-/m0/s1. The first-order valence-corrected chi connectivity index (χ1v) is 7.82. The Morgan fingerprint density at radius 2 is 1.54 bits per heavy atom. The van der Waals surface area contributed by atoms with Crippen molar-refractivity contribution in [2.24, 2.45) is 0 Å². The molecule has 5 heteroatoms. The zero-order valence-corrected chi connectivity index (χ0v) is 13.8. The van der Waals surface area contributed by atoms with Gasteiger partial charge in [0.25, 0.3) is 0 Å². The molecule has 0 aromatic heterocycles. The van der Waals surface area contributed by atoms with Crippen molar-refractivity contribution in [3.8, 4) is 0 Å². The van der Waals surface area contributed by atoms with E-state index in [4.69, 9.17) is 0 Å². The van der Waals surface area contributed by atoms with Crippen LogP contribution in [0.2, 0.25) is 0 Å². The van der Waals surface area contributed by atoms with Gasteiger partial charge in [-0.3, -0.25) is 9.59 Å². The van der Waals surface area contributed by atoms with E-state index in [1.54, 1.807) is 38.1 Å². The first-order valence-electron chi connectivity index (χ1n) is 7.82. The van der Waals surface area contributed by atoms with Crippen LogP contribution in [0.3, 0.4) is 0 Å². The predicted octanol–water partition coefficient (Wildman–Crippen LogP) is 1.89. The maximum Gasteiger partial charge on any atom is 0.309 e. The molecule has 0 saturated carbocycles. The van der Waals surface area contributed by atoms with E-state index in [2.05, 4.69) is 10.6 Å². The number of benzene rings is 2. The molecule has 0 saturated heterocycles. The second-order valence-electron chi connectivity index (χ2n) is 5.93. The summed E-state index contributed by atoms with van der Waals surface area (Å²) in [5.74, 6) is -1.50. The third-order valence-corrected chi connectivity index (χ3v) is 3.84. The van der Waals surface area contributed by atoms with Gasteiger partial charge in [0.05, 0.1) is 12.6 Å². The summed E-state index contributed by atoms with van der Waals surface area (Å²) in [6, 6.07) is 18.1. The third-order valence-electron chi connectivity index (χ3n) is 3.84. The molecule has 0 spiro atoms. The fraction of sp³-hybridized carbons (Fsp3) is 0.263. The van der Waals surface area contributed by atoms with Gasteiger partial charge in [0.15, 0.2) is 0 Å². The van der Waals surface area contributed by atoms with Crippen LogP contribution in [0.1, 0.15) is 31.0 Å². The van der Waals surface area contributed by atoms with E-state index >= 15 is 0 Å². The van der Waals surface area contributed by atoms with E-state index in [0.29, 0.717) is 5.56 Å². The highest BCUT2D eigenvalue weighted by Crippen LogP contribution is 2.18. The molecule has 3 N–H and O–H groups in total. The lowest BCUT2D eigenvalue weighted by atomic mass is 9.96. The van der Waals surface area contributed by atoms with Crippen molar-refractivity contribution in [3.05, 3.63) is 71.8 Å². The van der Waals surface area contributed by atoms with Gasteiger partial charge in [0.2, 0.25) is 0 Å². The summed E-state index contributed by atoms with van der Waals surface area (Å²) in [4.78, 5) is 23.9. The highest BCUT2D eigenvalue weighted by atomic mass is 16.3. The van der Waals surface area contributed by atoms with Crippen LogP contribution in [-0.2, 0) is 15.2 Å². The van der Waals surface area contributed by atoms with E-state index < -0.39 is 17.4 Å². The Bertz CT molecular complexity index is 684. The summed E-state index contributed by atoms with van der Waals surface area (Å²) < 4.78 is 0. The summed E-state index contributed by atoms with van der Waals surface area (Å²) in [5, 5.41) is 15.5. The zero-order valence-electron chi connectivity index (χ0n) is 13.8. The summed E-state index contributed by atoms with van der Waals surface area (Å²) in [6.07, 6.45) is 0. The topological polar surface area (TPSA) is 78.4 Å². The van der Waals surface area contributed by atoms with Crippen LogP contribution in [0.25, 0.3) is 0 Å². The fourth-order valence-electron chi connectivity index (χ4n) is 2.32. The average molecular weight is 326 g/mol. The number of aliphatic hydroxyl groups is 1. The summed E-state index contributed by atoms with van der Waals surface area (Å²) in [5.41, 5.74) is 0.334. The molecule has 2 aromatic rings. The maximum absolute atomic E-state index is 12.0. The van der Waals surface area contributed by atoms with E-state index in [0.717, 1.165) is 5.56 Å². The van der Waals surface area contributed by atoms with Crippen molar-refractivity contribution < 1.29 is 14.7 Å². The first kappa shape index (κ1) is 17.7. The number of hydrogen-bond acceptors (Lipinski definition) is 3. The van der Waals surface area contributed by atoms with Crippen LogP contribution in [0.15, 0.2) is 60.7 Å². The average Bonchev–Trinajstić information content (AvgIpc) is 2.61. The third kappa shape index (κ3) is 4.67. The van der Waals surface area contributed by atoms with Crippen molar-refractivity contribution >= 4 is 11.8 Å². The monoisotopic (exact) mass is 326 g/mol. The number of carbonyl (C=O) groups is 2. The van der Waals surface area contributed by atoms with Gasteiger partial charge in [0.1, 0.15) is 5.60 Å². The van der Waals surface area contributed by atoms with Gasteiger partial charge >= 0.3 is 11.8 Å². The molecule has 0 bridgehead atoms. The van der Waals surface area contributed by atoms with Crippen LogP contribution < -0.4 is 10.6 Å². The Morgan fingerprint density at radius 1 is 1.00 bits per heavy atom. The normalized spacial score (nSPS) is 14.3. The number of carbonyl (C=O) groups excluding carboxylic acids is 2. The van der Waals surface area contributed by atoms with E-state index in [1.807, 2.05) is 36.4 Å². The molecule has 0 heterocycles. The molecule has 2 amide bonds. The summed E-state index contributed by atoms with van der Waals surface area (Å²) in [7, 11) is 0. The molecule has 0 radical (unpaired) electrons. The largest absolute Gasteiger partial charge is 0.384 e. The lowest BCUT2D eigenvalue weighted by Gasteiger charge is -2.24. The lowest BCUT2D eigenvalue weighted by molar-refractivity contribution is -0.140. The van der Waals surface area contributed by atoms with Crippen LogP contribution >= 0.6 is 0 Å². The smallest absolute Gasteiger partial charge is 0.309 e. The van der Waals surface area contributed by atoms with E-state index in [1.165, 1.54) is 0 Å². The summed E-state index contributed by atoms with van der Waals surface area (Å²) >= 11 is 0. The molecular formula is C19H22N2O3. The van der Waals surface area contributed by atoms with Crippen LogP contribution in [-0.4, -0.2) is 23.5 Å². The Morgan fingerprint density at radius 3 is 2.12 bits per heavy atom. The van der Waals surface area contributed by atoms with Gasteiger partial charge in [-0.1, -0.05) is 60.7 Å². The Labute approximate surface area is 141 Å². The lowest BCUT2D eigenvalue weighted by Crippen LogP contribution is -2.45. The highest BCUT2D eigenvalue weighted by Gasteiger charge is 2.25. The van der Waals surface area contributed by atoms with Gasteiger partial charge in [-0.25, -0.2) is 0 Å². The van der Waals surface area contributed by atoms with Crippen molar-refractivity contribution in [1.82, 2.24) is 10.6 Å². The highest BCUT2D eigenvalue weighted by molar-refractivity contribution is 6.35. The number of rotatable bonds is 5. The molecular weight excluding hydrogens is 304 g/mol. The second kappa shape index (κ2) is 7.75. The van der Waals surface area contributed by atoms with Gasteiger partial charge in [-0.2, -0.15) is 0 Å². The predicted molar refractivity (Wildman–Crippen MR) is 92.0 cm³/mol. The molecule has 2 rings (SSSR count). The number of nitrogens with one attached hydrogen (secondary N) is 2.